The molecule has 1 fully saturated rings. The first-order valence-corrected chi connectivity index (χ1v) is 9.17. The van der Waals surface area contributed by atoms with E-state index in [1.807, 2.05) is 19.1 Å². The number of carbonyl (C=O) groups is 2. The van der Waals surface area contributed by atoms with Crippen LogP contribution in [0.5, 0.6) is 0 Å². The fraction of sp³-hybridized carbons (Fsp3) is 0.684. The molecule has 1 aromatic rings. The van der Waals surface area contributed by atoms with Gasteiger partial charge in [-0.15, -0.1) is 0 Å². The lowest BCUT2D eigenvalue weighted by molar-refractivity contribution is -0.122. The number of hydrogen-bond acceptors (Lipinski definition) is 5. The molecule has 1 aliphatic rings. The van der Waals surface area contributed by atoms with Crippen LogP contribution in [0.2, 0.25) is 0 Å². The number of furan rings is 1. The summed E-state index contributed by atoms with van der Waals surface area (Å²) in [4.78, 5) is 27.8. The van der Waals surface area contributed by atoms with Gasteiger partial charge in [0.25, 0.3) is 0 Å². The van der Waals surface area contributed by atoms with Gasteiger partial charge in [-0.2, -0.15) is 0 Å². The molecule has 0 spiro atoms. The van der Waals surface area contributed by atoms with Crippen molar-refractivity contribution >= 4 is 12.0 Å². The van der Waals surface area contributed by atoms with Gasteiger partial charge in [-0.05, 0) is 65.8 Å². The van der Waals surface area contributed by atoms with Crippen LogP contribution in [-0.2, 0) is 9.53 Å². The molecule has 0 aliphatic carbocycles. The highest BCUT2D eigenvalue weighted by molar-refractivity contribution is 5.82. The minimum Gasteiger partial charge on any atom is -0.465 e. The van der Waals surface area contributed by atoms with E-state index in [1.165, 1.54) is 4.90 Å². The molecule has 1 atom stereocenters. The predicted molar refractivity (Wildman–Crippen MR) is 98.9 cm³/mol. The lowest BCUT2D eigenvalue weighted by atomic mass is 10.2. The molecule has 1 aliphatic heterocycles. The first kappa shape index (κ1) is 20.3. The van der Waals surface area contributed by atoms with Crippen molar-refractivity contribution in [1.82, 2.24) is 15.1 Å². The molecule has 1 N–H and O–H groups in total. The average molecular weight is 365 g/mol. The number of carbonyl (C=O) groups excluding carboxylic acids is 2. The second-order valence-corrected chi connectivity index (χ2v) is 7.85. The predicted octanol–water partition coefficient (Wildman–Crippen LogP) is 2.71. The fourth-order valence-corrected chi connectivity index (χ4v) is 2.98. The Morgan fingerprint density at radius 3 is 2.50 bits per heavy atom. The zero-order valence-electron chi connectivity index (χ0n) is 16.5. The van der Waals surface area contributed by atoms with Gasteiger partial charge in [-0.1, -0.05) is 0 Å². The van der Waals surface area contributed by atoms with Crippen LogP contribution in [0, 0.1) is 6.92 Å². The molecular formula is C19H31N3O4. The SMILES string of the molecule is Cc1ccc(C(CNC(=O)CN(C)C(=O)OC(C)(C)C)N2CCCC2)o1. The van der Waals surface area contributed by atoms with Crippen LogP contribution in [-0.4, -0.2) is 60.6 Å². The summed E-state index contributed by atoms with van der Waals surface area (Å²) >= 11 is 0. The van der Waals surface area contributed by atoms with Crippen molar-refractivity contribution in [2.75, 3.05) is 33.2 Å². The van der Waals surface area contributed by atoms with E-state index in [9.17, 15) is 9.59 Å². The van der Waals surface area contributed by atoms with Crippen LogP contribution in [0.1, 0.15) is 51.2 Å². The third-order valence-corrected chi connectivity index (χ3v) is 4.25. The Morgan fingerprint density at radius 1 is 1.31 bits per heavy atom. The number of nitrogens with zero attached hydrogens (tertiary/aromatic N) is 2. The quantitative estimate of drug-likeness (QED) is 0.839. The van der Waals surface area contributed by atoms with E-state index in [-0.39, 0.29) is 18.5 Å². The zero-order chi connectivity index (χ0) is 19.3. The van der Waals surface area contributed by atoms with Crippen LogP contribution < -0.4 is 5.32 Å². The van der Waals surface area contributed by atoms with Crippen molar-refractivity contribution in [3.8, 4) is 0 Å². The van der Waals surface area contributed by atoms with Crippen molar-refractivity contribution in [1.29, 1.82) is 0 Å². The average Bonchev–Trinajstić information content (AvgIpc) is 3.18. The van der Waals surface area contributed by atoms with Gasteiger partial charge in [-0.3, -0.25) is 9.69 Å². The van der Waals surface area contributed by atoms with Crippen LogP contribution >= 0.6 is 0 Å². The van der Waals surface area contributed by atoms with Gasteiger partial charge in [0.05, 0.1) is 6.04 Å². The van der Waals surface area contributed by atoms with Gasteiger partial charge < -0.3 is 19.4 Å². The maximum Gasteiger partial charge on any atom is 0.410 e. The molecule has 0 radical (unpaired) electrons. The van der Waals surface area contributed by atoms with Crippen molar-refractivity contribution in [3.05, 3.63) is 23.7 Å². The molecule has 2 heterocycles. The molecule has 146 valence electrons. The van der Waals surface area contributed by atoms with Crippen molar-refractivity contribution < 1.29 is 18.7 Å². The highest BCUT2D eigenvalue weighted by atomic mass is 16.6. The molecule has 1 unspecified atom stereocenters. The summed E-state index contributed by atoms with van der Waals surface area (Å²) in [6.07, 6.45) is 1.81. The van der Waals surface area contributed by atoms with Crippen molar-refractivity contribution in [2.24, 2.45) is 0 Å². The third-order valence-electron chi connectivity index (χ3n) is 4.25. The molecule has 2 amide bonds. The van der Waals surface area contributed by atoms with Gasteiger partial charge in [0, 0.05) is 13.6 Å². The van der Waals surface area contributed by atoms with Gasteiger partial charge in [0.15, 0.2) is 0 Å². The monoisotopic (exact) mass is 365 g/mol. The number of ether oxygens (including phenoxy) is 1. The highest BCUT2D eigenvalue weighted by Crippen LogP contribution is 2.26. The molecule has 1 aromatic heterocycles. The number of amides is 2. The zero-order valence-corrected chi connectivity index (χ0v) is 16.5. The lowest BCUT2D eigenvalue weighted by Gasteiger charge is -2.27. The maximum absolute atomic E-state index is 12.3. The Bertz CT molecular complexity index is 615. The Balaban J connectivity index is 1.89. The Morgan fingerprint density at radius 2 is 1.96 bits per heavy atom. The molecule has 26 heavy (non-hydrogen) atoms. The first-order chi connectivity index (χ1) is 12.2. The van der Waals surface area contributed by atoms with Gasteiger partial charge in [0.1, 0.15) is 23.7 Å². The molecule has 1 saturated heterocycles. The van der Waals surface area contributed by atoms with E-state index in [1.54, 1.807) is 27.8 Å². The standard InChI is InChI=1S/C19H31N3O4/c1-14-8-9-16(25-14)15(22-10-6-7-11-22)12-20-17(23)13-21(5)18(24)26-19(2,3)4/h8-9,15H,6-7,10-13H2,1-5H3,(H,20,23). The number of hydrogen-bond donors (Lipinski definition) is 1. The largest absolute Gasteiger partial charge is 0.465 e. The van der Waals surface area contributed by atoms with E-state index >= 15 is 0 Å². The minimum absolute atomic E-state index is 0.0157. The smallest absolute Gasteiger partial charge is 0.410 e. The van der Waals surface area contributed by atoms with Crippen molar-refractivity contribution in [3.63, 3.8) is 0 Å². The fourth-order valence-electron chi connectivity index (χ4n) is 2.98. The molecular weight excluding hydrogens is 334 g/mol. The molecule has 2 rings (SSSR count). The molecule has 7 nitrogen and oxygen atoms in total. The van der Waals surface area contributed by atoms with Crippen molar-refractivity contribution in [2.45, 2.75) is 52.2 Å². The second-order valence-electron chi connectivity index (χ2n) is 7.85. The second kappa shape index (κ2) is 8.58. The van der Waals surface area contributed by atoms with E-state index < -0.39 is 11.7 Å². The summed E-state index contributed by atoms with van der Waals surface area (Å²) in [6, 6.07) is 3.93. The summed E-state index contributed by atoms with van der Waals surface area (Å²) in [5.74, 6) is 1.51. The van der Waals surface area contributed by atoms with E-state index in [0.717, 1.165) is 37.5 Å². The number of nitrogens with one attached hydrogen (secondary N) is 1. The summed E-state index contributed by atoms with van der Waals surface area (Å²) in [6.45, 7) is 9.71. The summed E-state index contributed by atoms with van der Waals surface area (Å²) in [5, 5.41) is 2.93. The Labute approximate surface area is 155 Å². The maximum atomic E-state index is 12.3. The molecule has 0 aromatic carbocycles. The van der Waals surface area contributed by atoms with Crippen LogP contribution in [0.3, 0.4) is 0 Å². The summed E-state index contributed by atoms with van der Waals surface area (Å²) < 4.78 is 11.1. The van der Waals surface area contributed by atoms with E-state index in [2.05, 4.69) is 10.2 Å². The number of likely N-dealkylation sites (tertiary alicyclic amines) is 1. The van der Waals surface area contributed by atoms with E-state index in [4.69, 9.17) is 9.15 Å². The van der Waals surface area contributed by atoms with Gasteiger partial charge in [0.2, 0.25) is 5.91 Å². The molecule has 7 heteroatoms. The summed E-state index contributed by atoms with van der Waals surface area (Å²) in [5.41, 5.74) is -0.584. The Kier molecular flexibility index (Phi) is 6.69. The molecule has 0 bridgehead atoms. The number of rotatable bonds is 6. The Hall–Kier alpha value is -2.02. The molecule has 0 saturated carbocycles. The van der Waals surface area contributed by atoms with Crippen LogP contribution in [0.15, 0.2) is 16.5 Å². The van der Waals surface area contributed by atoms with Crippen LogP contribution in [0.4, 0.5) is 4.79 Å². The number of aryl methyl sites for hydroxylation is 1. The van der Waals surface area contributed by atoms with Gasteiger partial charge in [-0.25, -0.2) is 4.79 Å². The van der Waals surface area contributed by atoms with Gasteiger partial charge >= 0.3 is 6.09 Å². The first-order valence-electron chi connectivity index (χ1n) is 9.17. The van der Waals surface area contributed by atoms with E-state index in [0.29, 0.717) is 6.54 Å². The summed E-state index contributed by atoms with van der Waals surface area (Å²) in [7, 11) is 1.56. The normalized spacial score (nSPS) is 16.3. The third kappa shape index (κ3) is 6.05. The lowest BCUT2D eigenvalue weighted by Crippen LogP contribution is -2.43. The topological polar surface area (TPSA) is 75.0 Å². The highest BCUT2D eigenvalue weighted by Gasteiger charge is 2.27. The van der Waals surface area contributed by atoms with Crippen LogP contribution in [0.25, 0.3) is 0 Å². The number of likely N-dealkylation sites (N-methyl/N-ethyl adjacent to an activating group) is 1. The minimum atomic E-state index is -0.584.